The first-order valence-corrected chi connectivity index (χ1v) is 8.30. The van der Waals surface area contributed by atoms with Gasteiger partial charge in [0, 0.05) is 0 Å². The van der Waals surface area contributed by atoms with E-state index in [9.17, 15) is 14.7 Å². The highest BCUT2D eigenvalue weighted by Crippen LogP contribution is 2.53. The van der Waals surface area contributed by atoms with E-state index in [4.69, 9.17) is 4.74 Å². The molecule has 5 nitrogen and oxygen atoms in total. The summed E-state index contributed by atoms with van der Waals surface area (Å²) in [4.78, 5) is 26.5. The highest BCUT2D eigenvalue weighted by molar-refractivity contribution is 5.91. The number of ether oxygens (including phenoxy) is 1. The van der Waals surface area contributed by atoms with Crippen molar-refractivity contribution >= 4 is 11.9 Å². The summed E-state index contributed by atoms with van der Waals surface area (Å²) in [5.74, 6) is -2.32. The van der Waals surface area contributed by atoms with E-state index in [0.29, 0.717) is 6.54 Å². The average Bonchev–Trinajstić information content (AvgIpc) is 3.04. The predicted molar refractivity (Wildman–Crippen MR) is 83.6 cm³/mol. The largest absolute Gasteiger partial charge is 0.481 e. The summed E-state index contributed by atoms with van der Waals surface area (Å²) in [5.41, 5.74) is 0.721. The molecule has 5 unspecified atom stereocenters. The molecule has 3 aliphatic heterocycles. The Kier molecular flexibility index (Phi) is 2.90. The number of fused-ring (bicyclic) bond motifs is 1. The van der Waals surface area contributed by atoms with Crippen molar-refractivity contribution in [3.63, 3.8) is 0 Å². The molecule has 4 rings (SSSR count). The maximum atomic E-state index is 13.0. The smallest absolute Gasteiger partial charge is 0.310 e. The van der Waals surface area contributed by atoms with Crippen LogP contribution in [0.3, 0.4) is 0 Å². The molecule has 2 fully saturated rings. The molecule has 5 atom stereocenters. The normalized spacial score (nSPS) is 43.7. The molecule has 0 aromatic carbocycles. The van der Waals surface area contributed by atoms with Crippen LogP contribution in [0.5, 0.6) is 0 Å². The lowest BCUT2D eigenvalue weighted by molar-refractivity contribution is -0.148. The first kappa shape index (κ1) is 14.9. The standard InChI is InChI=1S/C18H23NO4/c1-10-6-11(8-17(2,3)7-10)19-9-18-5-4-12(23-18)13(16(21)22)14(18)15(19)20/h4-6,11-14H,7-9H2,1-3H3,(H,21,22). The minimum absolute atomic E-state index is 0.0386. The quantitative estimate of drug-likeness (QED) is 0.791. The Balaban J connectivity index is 1.67. The monoisotopic (exact) mass is 317 g/mol. The van der Waals surface area contributed by atoms with Crippen LogP contribution < -0.4 is 0 Å². The number of carboxylic acid groups (broad SMARTS) is 1. The van der Waals surface area contributed by atoms with Crippen LogP contribution in [-0.2, 0) is 14.3 Å². The maximum absolute atomic E-state index is 13.0. The van der Waals surface area contributed by atoms with Gasteiger partial charge in [-0.25, -0.2) is 0 Å². The lowest BCUT2D eigenvalue weighted by atomic mass is 9.75. The van der Waals surface area contributed by atoms with Gasteiger partial charge in [-0.2, -0.15) is 0 Å². The summed E-state index contributed by atoms with van der Waals surface area (Å²) in [6.45, 7) is 7.02. The van der Waals surface area contributed by atoms with Crippen molar-refractivity contribution in [3.05, 3.63) is 23.8 Å². The molecule has 0 radical (unpaired) electrons. The number of hydrogen-bond donors (Lipinski definition) is 1. The Labute approximate surface area is 136 Å². The van der Waals surface area contributed by atoms with Crippen LogP contribution in [-0.4, -0.2) is 46.2 Å². The lowest BCUT2D eigenvalue weighted by Gasteiger charge is -2.38. The van der Waals surface area contributed by atoms with Gasteiger partial charge in [0.2, 0.25) is 5.91 Å². The van der Waals surface area contributed by atoms with Crippen molar-refractivity contribution in [2.45, 2.75) is 51.4 Å². The van der Waals surface area contributed by atoms with Crippen molar-refractivity contribution in [1.82, 2.24) is 4.90 Å². The number of hydrogen-bond acceptors (Lipinski definition) is 3. The van der Waals surface area contributed by atoms with E-state index in [2.05, 4.69) is 26.8 Å². The van der Waals surface area contributed by atoms with E-state index >= 15 is 0 Å². The third-order valence-electron chi connectivity index (χ3n) is 5.81. The fourth-order valence-electron chi connectivity index (χ4n) is 5.13. The summed E-state index contributed by atoms with van der Waals surface area (Å²) >= 11 is 0. The van der Waals surface area contributed by atoms with Gasteiger partial charge in [-0.1, -0.05) is 37.6 Å². The maximum Gasteiger partial charge on any atom is 0.310 e. The van der Waals surface area contributed by atoms with Crippen molar-refractivity contribution in [1.29, 1.82) is 0 Å². The molecule has 0 aromatic rings. The van der Waals surface area contributed by atoms with Crippen LogP contribution in [0.15, 0.2) is 23.8 Å². The van der Waals surface area contributed by atoms with Gasteiger partial charge < -0.3 is 14.7 Å². The van der Waals surface area contributed by atoms with Crippen LogP contribution >= 0.6 is 0 Å². The Bertz CT molecular complexity index is 649. The van der Waals surface area contributed by atoms with Crippen molar-refractivity contribution in [2.24, 2.45) is 17.3 Å². The molecule has 2 bridgehead atoms. The topological polar surface area (TPSA) is 66.8 Å². The zero-order valence-electron chi connectivity index (χ0n) is 13.8. The first-order chi connectivity index (χ1) is 10.7. The average molecular weight is 317 g/mol. The van der Waals surface area contributed by atoms with E-state index in [1.807, 2.05) is 17.1 Å². The Morgan fingerprint density at radius 2 is 2.17 bits per heavy atom. The minimum atomic E-state index is -0.933. The van der Waals surface area contributed by atoms with Crippen LogP contribution in [0.2, 0.25) is 0 Å². The predicted octanol–water partition coefficient (Wildman–Crippen LogP) is 1.99. The van der Waals surface area contributed by atoms with Gasteiger partial charge in [-0.05, 0) is 25.2 Å². The molecule has 1 aliphatic carbocycles. The summed E-state index contributed by atoms with van der Waals surface area (Å²) < 4.78 is 5.95. The number of amides is 1. The number of aliphatic carboxylic acids is 1. The lowest BCUT2D eigenvalue weighted by Crippen LogP contribution is -2.43. The molecule has 1 amide bonds. The second-order valence-electron chi connectivity index (χ2n) is 8.33. The van der Waals surface area contributed by atoms with E-state index < -0.39 is 29.5 Å². The molecule has 2 saturated heterocycles. The molecule has 124 valence electrons. The van der Waals surface area contributed by atoms with Crippen molar-refractivity contribution in [2.75, 3.05) is 6.54 Å². The summed E-state index contributed by atoms with van der Waals surface area (Å²) in [5, 5.41) is 9.52. The number of rotatable bonds is 2. The molecule has 4 aliphatic rings. The zero-order chi connectivity index (χ0) is 16.6. The second kappa shape index (κ2) is 4.47. The minimum Gasteiger partial charge on any atom is -0.481 e. The number of likely N-dealkylation sites (tertiary alicyclic amines) is 1. The number of carbonyl (C=O) groups is 2. The number of carboxylic acids is 1. The fourth-order valence-corrected chi connectivity index (χ4v) is 5.13. The second-order valence-corrected chi connectivity index (χ2v) is 8.33. The van der Waals surface area contributed by atoms with Crippen LogP contribution in [0.4, 0.5) is 0 Å². The van der Waals surface area contributed by atoms with E-state index in [1.54, 1.807) is 0 Å². The van der Waals surface area contributed by atoms with Crippen molar-refractivity contribution in [3.8, 4) is 0 Å². The molecule has 1 N–H and O–H groups in total. The molecule has 23 heavy (non-hydrogen) atoms. The van der Waals surface area contributed by atoms with Gasteiger partial charge in [0.15, 0.2) is 0 Å². The summed E-state index contributed by atoms with van der Waals surface area (Å²) in [6, 6.07) is 0.0386. The third kappa shape index (κ3) is 2.02. The van der Waals surface area contributed by atoms with Gasteiger partial charge in [0.05, 0.1) is 24.6 Å². The van der Waals surface area contributed by atoms with Gasteiger partial charge >= 0.3 is 5.97 Å². The van der Waals surface area contributed by atoms with Gasteiger partial charge in [0.25, 0.3) is 0 Å². The first-order valence-electron chi connectivity index (χ1n) is 8.30. The highest BCUT2D eigenvalue weighted by atomic mass is 16.5. The van der Waals surface area contributed by atoms with E-state index in [1.165, 1.54) is 5.57 Å². The molecule has 1 spiro atoms. The number of nitrogens with zero attached hydrogens (tertiary/aromatic N) is 1. The molecular formula is C18H23NO4. The molecule has 0 aromatic heterocycles. The molecule has 0 saturated carbocycles. The van der Waals surface area contributed by atoms with E-state index in [-0.39, 0.29) is 17.4 Å². The molecule has 5 heteroatoms. The van der Waals surface area contributed by atoms with Crippen molar-refractivity contribution < 1.29 is 19.4 Å². The number of carbonyl (C=O) groups excluding carboxylic acids is 1. The van der Waals surface area contributed by atoms with Gasteiger partial charge in [-0.15, -0.1) is 0 Å². The Morgan fingerprint density at radius 3 is 2.83 bits per heavy atom. The van der Waals surface area contributed by atoms with Gasteiger partial charge in [-0.3, -0.25) is 9.59 Å². The summed E-state index contributed by atoms with van der Waals surface area (Å²) in [6.07, 6.45) is 7.40. The fraction of sp³-hybridized carbons (Fsp3) is 0.667. The zero-order valence-corrected chi connectivity index (χ0v) is 13.8. The summed E-state index contributed by atoms with van der Waals surface area (Å²) in [7, 11) is 0. The Hall–Kier alpha value is -1.62. The van der Waals surface area contributed by atoms with Crippen LogP contribution in [0, 0.1) is 17.3 Å². The third-order valence-corrected chi connectivity index (χ3v) is 5.81. The molecule has 3 heterocycles. The highest BCUT2D eigenvalue weighted by Gasteiger charge is 2.67. The SMILES string of the molecule is CC1=CC(N2CC34C=CC(O3)C(C(=O)O)C4C2=O)CC(C)(C)C1. The van der Waals surface area contributed by atoms with Crippen LogP contribution in [0.1, 0.15) is 33.6 Å². The Morgan fingerprint density at radius 1 is 1.43 bits per heavy atom. The molecular weight excluding hydrogens is 294 g/mol. The number of allylic oxidation sites excluding steroid dienone is 1. The van der Waals surface area contributed by atoms with E-state index in [0.717, 1.165) is 12.8 Å². The van der Waals surface area contributed by atoms with Gasteiger partial charge in [0.1, 0.15) is 11.5 Å². The van der Waals surface area contributed by atoms with Crippen LogP contribution in [0.25, 0.3) is 0 Å².